The number of pyridine rings is 1. The quantitative estimate of drug-likeness (QED) is 0.692. The predicted octanol–water partition coefficient (Wildman–Crippen LogP) is -0.976. The van der Waals surface area contributed by atoms with Gasteiger partial charge >= 0.3 is 0 Å². The van der Waals surface area contributed by atoms with Gasteiger partial charge in [0.15, 0.2) is 0 Å². The van der Waals surface area contributed by atoms with Gasteiger partial charge in [-0.05, 0) is 12.5 Å². The van der Waals surface area contributed by atoms with Crippen LogP contribution in [0.25, 0.3) is 0 Å². The van der Waals surface area contributed by atoms with Gasteiger partial charge in [0, 0.05) is 31.0 Å². The summed E-state index contributed by atoms with van der Waals surface area (Å²) in [6.45, 7) is 0.851. The van der Waals surface area contributed by atoms with Gasteiger partial charge in [-0.1, -0.05) is 0 Å². The van der Waals surface area contributed by atoms with E-state index in [1.165, 1.54) is 22.9 Å². The summed E-state index contributed by atoms with van der Waals surface area (Å²) in [6, 6.07) is 2.84. The van der Waals surface area contributed by atoms with Crippen LogP contribution in [0, 0.1) is 0 Å². The SMILES string of the molecule is Nc1ccc(=O)n(CC(=O)N2CC[C@H](O)C2)c1. The second-order valence-corrected chi connectivity index (χ2v) is 4.21. The number of hydrogen-bond donors (Lipinski definition) is 2. The lowest BCUT2D eigenvalue weighted by Gasteiger charge is -2.16. The number of anilines is 1. The van der Waals surface area contributed by atoms with Crippen LogP contribution in [0.3, 0.4) is 0 Å². The first-order valence-corrected chi connectivity index (χ1v) is 5.48. The molecule has 0 saturated carbocycles. The van der Waals surface area contributed by atoms with Crippen molar-refractivity contribution in [2.45, 2.75) is 19.1 Å². The highest BCUT2D eigenvalue weighted by atomic mass is 16.3. The van der Waals surface area contributed by atoms with E-state index in [1.54, 1.807) is 4.90 Å². The number of amides is 1. The molecular formula is C11H15N3O3. The molecule has 2 rings (SSSR count). The molecule has 17 heavy (non-hydrogen) atoms. The molecule has 1 saturated heterocycles. The number of nitrogens with zero attached hydrogens (tertiary/aromatic N) is 2. The third-order valence-corrected chi connectivity index (χ3v) is 2.83. The maximum atomic E-state index is 11.8. The van der Waals surface area contributed by atoms with E-state index in [2.05, 4.69) is 0 Å². The minimum absolute atomic E-state index is 0.0312. The lowest BCUT2D eigenvalue weighted by Crippen LogP contribution is -2.35. The molecule has 6 heteroatoms. The molecule has 1 aromatic heterocycles. The van der Waals surface area contributed by atoms with Gasteiger partial charge in [-0.2, -0.15) is 0 Å². The van der Waals surface area contributed by atoms with Crippen molar-refractivity contribution < 1.29 is 9.90 Å². The Balaban J connectivity index is 2.08. The molecule has 1 amide bonds. The second-order valence-electron chi connectivity index (χ2n) is 4.21. The van der Waals surface area contributed by atoms with Crippen LogP contribution in [0.1, 0.15) is 6.42 Å². The van der Waals surface area contributed by atoms with Gasteiger partial charge in [0.2, 0.25) is 5.91 Å². The molecule has 1 fully saturated rings. The first kappa shape index (κ1) is 11.7. The Labute approximate surface area is 98.3 Å². The van der Waals surface area contributed by atoms with Gasteiger partial charge in [-0.15, -0.1) is 0 Å². The molecule has 1 aromatic rings. The lowest BCUT2D eigenvalue weighted by molar-refractivity contribution is -0.131. The van der Waals surface area contributed by atoms with Gasteiger partial charge in [-0.25, -0.2) is 0 Å². The molecule has 0 radical (unpaired) electrons. The zero-order chi connectivity index (χ0) is 12.4. The number of nitrogens with two attached hydrogens (primary N) is 1. The van der Waals surface area contributed by atoms with Crippen LogP contribution in [-0.4, -0.2) is 39.7 Å². The van der Waals surface area contributed by atoms with E-state index in [4.69, 9.17) is 5.73 Å². The fraction of sp³-hybridized carbons (Fsp3) is 0.455. The maximum Gasteiger partial charge on any atom is 0.251 e. The molecule has 6 nitrogen and oxygen atoms in total. The molecule has 92 valence electrons. The standard InChI is InChI=1S/C11H15N3O3/c12-8-1-2-10(16)14(5-8)7-11(17)13-4-3-9(15)6-13/h1-2,5,9,15H,3-4,6-7,12H2/t9-/m0/s1. The summed E-state index contributed by atoms with van der Waals surface area (Å²) in [5, 5.41) is 9.33. The normalized spacial score (nSPS) is 19.6. The first-order valence-electron chi connectivity index (χ1n) is 5.48. The number of rotatable bonds is 2. The van der Waals surface area contributed by atoms with Crippen LogP contribution < -0.4 is 11.3 Å². The zero-order valence-electron chi connectivity index (χ0n) is 9.37. The van der Waals surface area contributed by atoms with E-state index < -0.39 is 6.10 Å². The van der Waals surface area contributed by atoms with Crippen LogP contribution in [0.4, 0.5) is 5.69 Å². The van der Waals surface area contributed by atoms with E-state index in [1.807, 2.05) is 0 Å². The molecule has 3 N–H and O–H groups in total. The van der Waals surface area contributed by atoms with E-state index in [0.29, 0.717) is 25.2 Å². The average Bonchev–Trinajstić information content (AvgIpc) is 2.70. The first-order chi connectivity index (χ1) is 8.06. The summed E-state index contributed by atoms with van der Waals surface area (Å²) in [6.07, 6.45) is 1.60. The molecule has 1 atom stereocenters. The Kier molecular flexibility index (Phi) is 3.14. The largest absolute Gasteiger partial charge is 0.398 e. The number of likely N-dealkylation sites (tertiary alicyclic amines) is 1. The molecule has 2 heterocycles. The number of aliphatic hydroxyl groups is 1. The molecule has 1 aliphatic heterocycles. The highest BCUT2D eigenvalue weighted by Crippen LogP contribution is 2.09. The average molecular weight is 237 g/mol. The monoisotopic (exact) mass is 237 g/mol. The second kappa shape index (κ2) is 4.58. The number of aliphatic hydroxyl groups excluding tert-OH is 1. The van der Waals surface area contributed by atoms with Gasteiger partial charge in [0.25, 0.3) is 5.56 Å². The molecule has 0 unspecified atom stereocenters. The van der Waals surface area contributed by atoms with Crippen LogP contribution in [0.5, 0.6) is 0 Å². The summed E-state index contributed by atoms with van der Waals surface area (Å²) in [7, 11) is 0. The third kappa shape index (κ3) is 2.65. The number of nitrogen functional groups attached to an aromatic ring is 1. The maximum absolute atomic E-state index is 11.8. The fourth-order valence-corrected chi connectivity index (χ4v) is 1.89. The molecule has 0 spiro atoms. The van der Waals surface area contributed by atoms with Crippen LogP contribution in [0.2, 0.25) is 0 Å². The van der Waals surface area contributed by atoms with Gasteiger partial charge < -0.3 is 20.3 Å². The van der Waals surface area contributed by atoms with E-state index in [0.717, 1.165) is 0 Å². The van der Waals surface area contributed by atoms with Gasteiger partial charge in [0.05, 0.1) is 6.10 Å². The topological polar surface area (TPSA) is 88.6 Å². The van der Waals surface area contributed by atoms with Crippen LogP contribution in [-0.2, 0) is 11.3 Å². The van der Waals surface area contributed by atoms with Crippen molar-refractivity contribution in [3.8, 4) is 0 Å². The molecule has 0 aromatic carbocycles. The summed E-state index contributed by atoms with van der Waals surface area (Å²) >= 11 is 0. The van der Waals surface area contributed by atoms with Crippen molar-refractivity contribution in [1.29, 1.82) is 0 Å². The highest BCUT2D eigenvalue weighted by molar-refractivity contribution is 5.76. The minimum Gasteiger partial charge on any atom is -0.398 e. The van der Waals surface area contributed by atoms with Crippen LogP contribution >= 0.6 is 0 Å². The minimum atomic E-state index is -0.448. The Morgan fingerprint density at radius 2 is 2.29 bits per heavy atom. The Bertz CT molecular complexity index is 483. The van der Waals surface area contributed by atoms with Crippen molar-refractivity contribution in [2.75, 3.05) is 18.8 Å². The number of hydrogen-bond acceptors (Lipinski definition) is 4. The van der Waals surface area contributed by atoms with E-state index in [9.17, 15) is 14.7 Å². The summed E-state index contributed by atoms with van der Waals surface area (Å²) in [5.41, 5.74) is 5.74. The number of aromatic nitrogens is 1. The smallest absolute Gasteiger partial charge is 0.251 e. The van der Waals surface area contributed by atoms with Gasteiger partial charge in [-0.3, -0.25) is 9.59 Å². The molecule has 1 aliphatic rings. The van der Waals surface area contributed by atoms with Crippen molar-refractivity contribution in [3.05, 3.63) is 28.7 Å². The van der Waals surface area contributed by atoms with Crippen molar-refractivity contribution in [3.63, 3.8) is 0 Å². The zero-order valence-corrected chi connectivity index (χ0v) is 9.37. The highest BCUT2D eigenvalue weighted by Gasteiger charge is 2.24. The molecular weight excluding hydrogens is 222 g/mol. The van der Waals surface area contributed by atoms with Gasteiger partial charge in [0.1, 0.15) is 6.54 Å². The van der Waals surface area contributed by atoms with E-state index in [-0.39, 0.29) is 18.0 Å². The third-order valence-electron chi connectivity index (χ3n) is 2.83. The van der Waals surface area contributed by atoms with E-state index >= 15 is 0 Å². The fourth-order valence-electron chi connectivity index (χ4n) is 1.89. The predicted molar refractivity (Wildman–Crippen MR) is 62.3 cm³/mol. The molecule has 0 bridgehead atoms. The lowest BCUT2D eigenvalue weighted by atomic mass is 10.3. The van der Waals surface area contributed by atoms with Crippen molar-refractivity contribution in [2.24, 2.45) is 0 Å². The summed E-state index contributed by atoms with van der Waals surface area (Å²) in [4.78, 5) is 24.9. The van der Waals surface area contributed by atoms with Crippen molar-refractivity contribution >= 4 is 11.6 Å². The van der Waals surface area contributed by atoms with Crippen LogP contribution in [0.15, 0.2) is 23.1 Å². The van der Waals surface area contributed by atoms with Crippen molar-refractivity contribution in [1.82, 2.24) is 9.47 Å². The number of carbonyl (C=O) groups excluding carboxylic acids is 1. The number of carbonyl (C=O) groups is 1. The Hall–Kier alpha value is -1.82. The molecule has 0 aliphatic carbocycles. The summed E-state index contributed by atoms with van der Waals surface area (Å²) < 4.78 is 1.28. The number of β-amino-alcohol motifs (C(OH)–C–C–N with tert-alkyl or cyclic N) is 1. The Morgan fingerprint density at radius 1 is 1.53 bits per heavy atom. The summed E-state index contributed by atoms with van der Waals surface area (Å²) in [5.74, 6) is -0.172. The Morgan fingerprint density at radius 3 is 2.94 bits per heavy atom.